The number of methoxy groups -OCH3 is 1. The lowest BCUT2D eigenvalue weighted by Gasteiger charge is -2.36. The van der Waals surface area contributed by atoms with E-state index in [1.54, 1.807) is 7.11 Å². The lowest BCUT2D eigenvalue weighted by molar-refractivity contribution is 0.0947. The fourth-order valence-corrected chi connectivity index (χ4v) is 3.82. The van der Waals surface area contributed by atoms with Crippen molar-refractivity contribution in [1.29, 1.82) is 0 Å². The van der Waals surface area contributed by atoms with Crippen molar-refractivity contribution in [2.75, 3.05) is 51.3 Å². The minimum absolute atomic E-state index is 0.0611. The molecule has 0 radical (unpaired) electrons. The van der Waals surface area contributed by atoms with Gasteiger partial charge in [0.15, 0.2) is 0 Å². The van der Waals surface area contributed by atoms with Gasteiger partial charge in [-0.05, 0) is 43.3 Å². The lowest BCUT2D eigenvalue weighted by Crippen LogP contribution is -2.47. The minimum Gasteiger partial charge on any atom is -0.497 e. The molecular formula is C23H28N4O2. The summed E-state index contributed by atoms with van der Waals surface area (Å²) in [4.78, 5) is 20.5. The average molecular weight is 393 g/mol. The first-order valence-corrected chi connectivity index (χ1v) is 10.2. The first-order chi connectivity index (χ1) is 14.2. The Bertz CT molecular complexity index is 946. The quantitative estimate of drug-likeness (QED) is 0.607. The Morgan fingerprint density at radius 3 is 2.62 bits per heavy atom. The van der Waals surface area contributed by atoms with Gasteiger partial charge in [-0.2, -0.15) is 0 Å². The molecule has 1 amide bonds. The van der Waals surface area contributed by atoms with Gasteiger partial charge >= 0.3 is 0 Å². The van der Waals surface area contributed by atoms with Crippen LogP contribution in [0.1, 0.15) is 16.9 Å². The number of benzene rings is 2. The zero-order valence-electron chi connectivity index (χ0n) is 16.9. The highest BCUT2D eigenvalue weighted by molar-refractivity contribution is 5.98. The van der Waals surface area contributed by atoms with E-state index in [2.05, 4.69) is 50.4 Å². The number of hydrogen-bond donors (Lipinski definition) is 2. The number of carbonyl (C=O) groups excluding carboxylic acids is 1. The van der Waals surface area contributed by atoms with E-state index < -0.39 is 0 Å². The Morgan fingerprint density at radius 2 is 1.86 bits per heavy atom. The summed E-state index contributed by atoms with van der Waals surface area (Å²) in [6, 6.07) is 18.2. The van der Waals surface area contributed by atoms with Gasteiger partial charge in [0.05, 0.1) is 7.11 Å². The van der Waals surface area contributed by atoms with Crippen LogP contribution in [0.15, 0.2) is 54.6 Å². The average Bonchev–Trinajstić information content (AvgIpc) is 3.21. The summed E-state index contributed by atoms with van der Waals surface area (Å²) in [5.41, 5.74) is 2.80. The molecule has 1 aromatic heterocycles. The monoisotopic (exact) mass is 392 g/mol. The molecule has 0 atom stereocenters. The lowest BCUT2D eigenvalue weighted by atomic mass is 10.2. The predicted octanol–water partition coefficient (Wildman–Crippen LogP) is 3.12. The Kier molecular flexibility index (Phi) is 6.00. The number of H-pyrrole nitrogens is 1. The summed E-state index contributed by atoms with van der Waals surface area (Å²) in [5, 5.41) is 4.03. The van der Waals surface area contributed by atoms with Crippen molar-refractivity contribution in [1.82, 2.24) is 15.2 Å². The van der Waals surface area contributed by atoms with Crippen LogP contribution >= 0.6 is 0 Å². The molecule has 4 rings (SSSR count). The molecule has 1 fully saturated rings. The van der Waals surface area contributed by atoms with E-state index >= 15 is 0 Å². The van der Waals surface area contributed by atoms with E-state index in [1.165, 1.54) is 5.69 Å². The van der Waals surface area contributed by atoms with Crippen LogP contribution in [0.2, 0.25) is 0 Å². The molecule has 6 heteroatoms. The van der Waals surface area contributed by atoms with Gasteiger partial charge in [0, 0.05) is 55.4 Å². The number of fused-ring (bicyclic) bond motifs is 1. The van der Waals surface area contributed by atoms with Crippen molar-refractivity contribution >= 4 is 22.5 Å². The second-order valence-corrected chi connectivity index (χ2v) is 7.41. The molecule has 2 heterocycles. The highest BCUT2D eigenvalue weighted by Crippen LogP contribution is 2.21. The van der Waals surface area contributed by atoms with Crippen molar-refractivity contribution in [3.63, 3.8) is 0 Å². The van der Waals surface area contributed by atoms with E-state index in [-0.39, 0.29) is 5.91 Å². The molecule has 0 unspecified atom stereocenters. The van der Waals surface area contributed by atoms with Gasteiger partial charge in [-0.15, -0.1) is 0 Å². The van der Waals surface area contributed by atoms with Gasteiger partial charge in [0.25, 0.3) is 5.91 Å². The predicted molar refractivity (Wildman–Crippen MR) is 117 cm³/mol. The highest BCUT2D eigenvalue weighted by atomic mass is 16.5. The molecular weight excluding hydrogens is 364 g/mol. The maximum atomic E-state index is 12.4. The third kappa shape index (κ3) is 4.71. The fraction of sp³-hybridized carbons (Fsp3) is 0.348. The number of aromatic amines is 1. The van der Waals surface area contributed by atoms with Crippen LogP contribution in [-0.2, 0) is 0 Å². The van der Waals surface area contributed by atoms with Gasteiger partial charge in [-0.3, -0.25) is 9.69 Å². The number of piperazine rings is 1. The number of aromatic nitrogens is 1. The number of rotatable bonds is 7. The second-order valence-electron chi connectivity index (χ2n) is 7.41. The number of carbonyl (C=O) groups is 1. The second kappa shape index (κ2) is 9.01. The number of hydrogen-bond acceptors (Lipinski definition) is 4. The third-order valence-electron chi connectivity index (χ3n) is 5.50. The molecule has 2 aromatic carbocycles. The molecule has 0 aliphatic carbocycles. The van der Waals surface area contributed by atoms with Gasteiger partial charge in [0.1, 0.15) is 11.4 Å². The number of nitrogens with zero attached hydrogens (tertiary/aromatic N) is 2. The van der Waals surface area contributed by atoms with Crippen molar-refractivity contribution in [3.8, 4) is 5.75 Å². The van der Waals surface area contributed by atoms with E-state index in [0.717, 1.165) is 55.8 Å². The molecule has 0 spiro atoms. The smallest absolute Gasteiger partial charge is 0.267 e. The van der Waals surface area contributed by atoms with Crippen LogP contribution in [0, 0.1) is 0 Å². The van der Waals surface area contributed by atoms with Crippen LogP contribution < -0.4 is 15.0 Å². The zero-order valence-corrected chi connectivity index (χ0v) is 16.9. The summed E-state index contributed by atoms with van der Waals surface area (Å²) in [6.07, 6.45) is 0.950. The standard InChI is InChI=1S/C23H28N4O2/c1-29-20-9-8-18-16-22(25-21(18)17-20)23(28)24-10-5-11-26-12-14-27(15-13-26)19-6-3-2-4-7-19/h2-4,6-9,16-17,25H,5,10-15H2,1H3,(H,24,28). The molecule has 1 aliphatic rings. The number of ether oxygens (including phenoxy) is 1. The highest BCUT2D eigenvalue weighted by Gasteiger charge is 2.16. The van der Waals surface area contributed by atoms with Crippen molar-refractivity contribution in [2.24, 2.45) is 0 Å². The molecule has 3 aromatic rings. The van der Waals surface area contributed by atoms with Crippen molar-refractivity contribution in [2.45, 2.75) is 6.42 Å². The minimum atomic E-state index is -0.0611. The van der Waals surface area contributed by atoms with Gasteiger partial charge in [-0.25, -0.2) is 0 Å². The van der Waals surface area contributed by atoms with Crippen LogP contribution in [0.5, 0.6) is 5.75 Å². The number of anilines is 1. The Hall–Kier alpha value is -2.99. The third-order valence-corrected chi connectivity index (χ3v) is 5.50. The van der Waals surface area contributed by atoms with Crippen LogP contribution in [0.25, 0.3) is 10.9 Å². The van der Waals surface area contributed by atoms with Crippen molar-refractivity contribution in [3.05, 3.63) is 60.3 Å². The van der Waals surface area contributed by atoms with Gasteiger partial charge in [-0.1, -0.05) is 18.2 Å². The largest absolute Gasteiger partial charge is 0.497 e. The molecule has 1 saturated heterocycles. The molecule has 29 heavy (non-hydrogen) atoms. The summed E-state index contributed by atoms with van der Waals surface area (Å²) in [5.74, 6) is 0.715. The fourth-order valence-electron chi connectivity index (χ4n) is 3.82. The summed E-state index contributed by atoms with van der Waals surface area (Å²) in [6.45, 7) is 5.91. The van der Waals surface area contributed by atoms with E-state index in [0.29, 0.717) is 12.2 Å². The van der Waals surface area contributed by atoms with Crippen molar-refractivity contribution < 1.29 is 9.53 Å². The first kappa shape index (κ1) is 19.3. The maximum Gasteiger partial charge on any atom is 0.267 e. The number of para-hydroxylation sites is 1. The topological polar surface area (TPSA) is 60.6 Å². The SMILES string of the molecule is COc1ccc2cc(C(=O)NCCCN3CCN(c4ccccc4)CC3)[nH]c2c1. The molecule has 2 N–H and O–H groups in total. The maximum absolute atomic E-state index is 12.4. The number of amides is 1. The first-order valence-electron chi connectivity index (χ1n) is 10.2. The number of nitrogens with one attached hydrogen (secondary N) is 2. The Morgan fingerprint density at radius 1 is 1.07 bits per heavy atom. The summed E-state index contributed by atoms with van der Waals surface area (Å²) < 4.78 is 5.23. The van der Waals surface area contributed by atoms with E-state index in [9.17, 15) is 4.79 Å². The Labute approximate surface area is 171 Å². The van der Waals surface area contributed by atoms with Gasteiger partial charge in [0.2, 0.25) is 0 Å². The molecule has 1 aliphatic heterocycles. The molecule has 152 valence electrons. The van der Waals surface area contributed by atoms with Crippen LogP contribution in [0.3, 0.4) is 0 Å². The van der Waals surface area contributed by atoms with Crippen LogP contribution in [0.4, 0.5) is 5.69 Å². The normalized spacial score (nSPS) is 14.9. The molecule has 6 nitrogen and oxygen atoms in total. The molecule has 0 saturated carbocycles. The summed E-state index contributed by atoms with van der Waals surface area (Å²) >= 11 is 0. The van der Waals surface area contributed by atoms with E-state index in [1.807, 2.05) is 24.3 Å². The summed E-state index contributed by atoms with van der Waals surface area (Å²) in [7, 11) is 1.64. The zero-order chi connectivity index (χ0) is 20.1. The van der Waals surface area contributed by atoms with E-state index in [4.69, 9.17) is 4.74 Å². The Balaban J connectivity index is 1.19. The van der Waals surface area contributed by atoms with Gasteiger partial charge < -0.3 is 19.9 Å². The molecule has 0 bridgehead atoms. The van der Waals surface area contributed by atoms with Crippen LogP contribution in [-0.4, -0.2) is 62.2 Å².